The van der Waals surface area contributed by atoms with Gasteiger partial charge in [0.15, 0.2) is 0 Å². The summed E-state index contributed by atoms with van der Waals surface area (Å²) < 4.78 is 31.6. The van der Waals surface area contributed by atoms with Crippen molar-refractivity contribution in [2.45, 2.75) is 26.1 Å². The van der Waals surface area contributed by atoms with Gasteiger partial charge in [0.05, 0.1) is 13.1 Å². The molecule has 4 aromatic rings. The van der Waals surface area contributed by atoms with Gasteiger partial charge in [-0.15, -0.1) is 0 Å². The summed E-state index contributed by atoms with van der Waals surface area (Å²) in [7, 11) is 0. The molecule has 1 aliphatic heterocycles. The van der Waals surface area contributed by atoms with Crippen LogP contribution in [-0.2, 0) is 13.1 Å². The molecule has 0 aliphatic carbocycles. The SMILES string of the molecule is Cc1c(N2CCN(c3ccccc3)CC2)c(=O)n(CC(N)c2ccccc2)c(=O)n1Cc1c(F)cccc1F. The number of para-hydroxylation sites is 1. The van der Waals surface area contributed by atoms with Crippen molar-refractivity contribution < 1.29 is 8.78 Å². The summed E-state index contributed by atoms with van der Waals surface area (Å²) in [6.07, 6.45) is 0. The molecule has 2 heterocycles. The fraction of sp³-hybridized carbons (Fsp3) is 0.267. The van der Waals surface area contributed by atoms with Crippen LogP contribution in [0.1, 0.15) is 22.9 Å². The Labute approximate surface area is 225 Å². The highest BCUT2D eigenvalue weighted by Gasteiger charge is 2.26. The van der Waals surface area contributed by atoms with Gasteiger partial charge in [0, 0.05) is 49.2 Å². The summed E-state index contributed by atoms with van der Waals surface area (Å²) in [5, 5.41) is 0. The molecule has 0 spiro atoms. The highest BCUT2D eigenvalue weighted by molar-refractivity contribution is 5.53. The van der Waals surface area contributed by atoms with E-state index in [-0.39, 0.29) is 18.7 Å². The molecule has 39 heavy (non-hydrogen) atoms. The van der Waals surface area contributed by atoms with Crippen LogP contribution in [0, 0.1) is 18.6 Å². The lowest BCUT2D eigenvalue weighted by molar-refractivity contribution is 0.489. The Bertz CT molecular complexity index is 1540. The van der Waals surface area contributed by atoms with Crippen LogP contribution in [0.2, 0.25) is 0 Å². The molecular formula is C30H31F2N5O2. The lowest BCUT2D eigenvalue weighted by Gasteiger charge is -2.38. The Morgan fingerprint density at radius 2 is 1.33 bits per heavy atom. The number of rotatable bonds is 7. The smallest absolute Gasteiger partial charge is 0.331 e. The summed E-state index contributed by atoms with van der Waals surface area (Å²) in [6.45, 7) is 3.67. The van der Waals surface area contributed by atoms with Crippen LogP contribution in [-0.4, -0.2) is 35.3 Å². The monoisotopic (exact) mass is 531 g/mol. The van der Waals surface area contributed by atoms with E-state index in [9.17, 15) is 18.4 Å². The highest BCUT2D eigenvalue weighted by atomic mass is 19.1. The van der Waals surface area contributed by atoms with Crippen LogP contribution < -0.4 is 26.8 Å². The van der Waals surface area contributed by atoms with Crippen LogP contribution in [0.25, 0.3) is 0 Å². The second kappa shape index (κ2) is 11.2. The first-order valence-electron chi connectivity index (χ1n) is 13.0. The maximum absolute atomic E-state index is 14.6. The third kappa shape index (κ3) is 5.35. The molecule has 5 rings (SSSR count). The van der Waals surface area contributed by atoms with E-state index in [1.807, 2.05) is 65.6 Å². The molecule has 1 fully saturated rings. The van der Waals surface area contributed by atoms with E-state index in [0.29, 0.717) is 37.6 Å². The van der Waals surface area contributed by atoms with Gasteiger partial charge >= 0.3 is 5.69 Å². The highest BCUT2D eigenvalue weighted by Crippen LogP contribution is 2.22. The summed E-state index contributed by atoms with van der Waals surface area (Å²) >= 11 is 0. The van der Waals surface area contributed by atoms with Crippen molar-refractivity contribution in [3.05, 3.63) is 128 Å². The molecule has 2 N–H and O–H groups in total. The number of anilines is 2. The molecular weight excluding hydrogens is 500 g/mol. The molecule has 3 aromatic carbocycles. The normalized spacial score (nSPS) is 14.5. The fourth-order valence-electron chi connectivity index (χ4n) is 5.17. The largest absolute Gasteiger partial charge is 0.368 e. The zero-order chi connectivity index (χ0) is 27.5. The summed E-state index contributed by atoms with van der Waals surface area (Å²) in [4.78, 5) is 31.7. The van der Waals surface area contributed by atoms with Gasteiger partial charge in [-0.25, -0.2) is 13.6 Å². The van der Waals surface area contributed by atoms with Crippen molar-refractivity contribution in [1.29, 1.82) is 0 Å². The molecule has 202 valence electrons. The molecule has 1 saturated heterocycles. The van der Waals surface area contributed by atoms with Gasteiger partial charge in [0.2, 0.25) is 0 Å². The maximum Gasteiger partial charge on any atom is 0.331 e. The van der Waals surface area contributed by atoms with E-state index in [0.717, 1.165) is 28.0 Å². The van der Waals surface area contributed by atoms with Crippen molar-refractivity contribution in [3.8, 4) is 0 Å². The van der Waals surface area contributed by atoms with E-state index >= 15 is 0 Å². The number of nitrogens with zero attached hydrogens (tertiary/aromatic N) is 4. The van der Waals surface area contributed by atoms with E-state index in [2.05, 4.69) is 4.90 Å². The Kier molecular flexibility index (Phi) is 7.60. The minimum Gasteiger partial charge on any atom is -0.368 e. The van der Waals surface area contributed by atoms with Gasteiger partial charge in [-0.3, -0.25) is 13.9 Å². The number of benzene rings is 3. The van der Waals surface area contributed by atoms with Crippen LogP contribution in [0.15, 0.2) is 88.5 Å². The zero-order valence-corrected chi connectivity index (χ0v) is 21.8. The van der Waals surface area contributed by atoms with Gasteiger partial charge < -0.3 is 15.5 Å². The average Bonchev–Trinajstić information content (AvgIpc) is 2.96. The Balaban J connectivity index is 1.55. The second-order valence-electron chi connectivity index (χ2n) is 9.75. The van der Waals surface area contributed by atoms with E-state index in [1.165, 1.54) is 10.6 Å². The van der Waals surface area contributed by atoms with E-state index in [4.69, 9.17) is 5.73 Å². The fourth-order valence-corrected chi connectivity index (χ4v) is 5.17. The quantitative estimate of drug-likeness (QED) is 0.394. The van der Waals surface area contributed by atoms with Gasteiger partial charge in [-0.1, -0.05) is 54.6 Å². The van der Waals surface area contributed by atoms with Crippen LogP contribution in [0.5, 0.6) is 0 Å². The molecule has 1 aliphatic rings. The Hall–Kier alpha value is -4.24. The molecule has 0 bridgehead atoms. The third-order valence-corrected chi connectivity index (χ3v) is 7.36. The van der Waals surface area contributed by atoms with E-state index < -0.39 is 28.9 Å². The van der Waals surface area contributed by atoms with Crippen molar-refractivity contribution in [3.63, 3.8) is 0 Å². The third-order valence-electron chi connectivity index (χ3n) is 7.36. The minimum atomic E-state index is -0.752. The summed E-state index contributed by atoms with van der Waals surface area (Å²) in [6, 6.07) is 22.2. The molecule has 7 nitrogen and oxygen atoms in total. The van der Waals surface area contributed by atoms with Crippen molar-refractivity contribution in [2.75, 3.05) is 36.0 Å². The topological polar surface area (TPSA) is 76.5 Å². The van der Waals surface area contributed by atoms with Gasteiger partial charge in [0.1, 0.15) is 17.3 Å². The first-order valence-corrected chi connectivity index (χ1v) is 13.0. The Morgan fingerprint density at radius 3 is 1.95 bits per heavy atom. The number of nitrogens with two attached hydrogens (primary N) is 1. The maximum atomic E-state index is 14.6. The summed E-state index contributed by atoms with van der Waals surface area (Å²) in [5.74, 6) is -1.50. The van der Waals surface area contributed by atoms with Crippen LogP contribution in [0.4, 0.5) is 20.2 Å². The van der Waals surface area contributed by atoms with E-state index in [1.54, 1.807) is 6.92 Å². The summed E-state index contributed by atoms with van der Waals surface area (Å²) in [5.41, 5.74) is 7.65. The zero-order valence-electron chi connectivity index (χ0n) is 21.8. The lowest BCUT2D eigenvalue weighted by atomic mass is 10.1. The molecule has 0 saturated carbocycles. The van der Waals surface area contributed by atoms with Crippen LogP contribution in [0.3, 0.4) is 0 Å². The molecule has 9 heteroatoms. The standard InChI is InChI=1S/C30H31F2N5O2/c1-21-28(35-17-15-34(16-18-35)23-11-6-3-7-12-23)29(38)37(20-27(33)22-9-4-2-5-10-22)30(39)36(21)19-24-25(31)13-8-14-26(24)32/h2-14,27H,15-20,33H2,1H3. The van der Waals surface area contributed by atoms with Gasteiger partial charge in [-0.2, -0.15) is 0 Å². The number of halogens is 2. The molecule has 1 aromatic heterocycles. The number of hydrogen-bond acceptors (Lipinski definition) is 5. The average molecular weight is 532 g/mol. The van der Waals surface area contributed by atoms with Crippen molar-refractivity contribution in [2.24, 2.45) is 5.73 Å². The van der Waals surface area contributed by atoms with Gasteiger partial charge in [0.25, 0.3) is 5.56 Å². The predicted molar refractivity (Wildman–Crippen MR) is 149 cm³/mol. The number of hydrogen-bond donors (Lipinski definition) is 1. The lowest BCUT2D eigenvalue weighted by Crippen LogP contribution is -2.51. The van der Waals surface area contributed by atoms with Crippen molar-refractivity contribution >= 4 is 11.4 Å². The minimum absolute atomic E-state index is 0.0707. The predicted octanol–water partition coefficient (Wildman–Crippen LogP) is 3.67. The molecule has 0 amide bonds. The molecule has 0 radical (unpaired) electrons. The Morgan fingerprint density at radius 1 is 0.769 bits per heavy atom. The molecule has 1 atom stereocenters. The van der Waals surface area contributed by atoms with Gasteiger partial charge in [-0.05, 0) is 36.8 Å². The first kappa shape index (κ1) is 26.4. The van der Waals surface area contributed by atoms with Crippen molar-refractivity contribution in [1.82, 2.24) is 9.13 Å². The number of piperazine rings is 1. The van der Waals surface area contributed by atoms with Crippen LogP contribution >= 0.6 is 0 Å². The number of aromatic nitrogens is 2. The molecule has 1 unspecified atom stereocenters. The second-order valence-corrected chi connectivity index (χ2v) is 9.75. The first-order chi connectivity index (χ1) is 18.8.